The lowest BCUT2D eigenvalue weighted by molar-refractivity contribution is -0.138. The van der Waals surface area contributed by atoms with E-state index in [1.807, 2.05) is 12.1 Å². The third kappa shape index (κ3) is 8.64. The lowest BCUT2D eigenvalue weighted by Crippen LogP contribution is -2.46. The number of alkyl carbamates (subject to hydrolysis) is 1. The van der Waals surface area contributed by atoms with Gasteiger partial charge in [0.05, 0.1) is 18.3 Å². The van der Waals surface area contributed by atoms with E-state index in [-0.39, 0.29) is 42.6 Å². The number of likely N-dealkylation sites (tertiary alicyclic amines) is 1. The average molecular weight is 678 g/mol. The van der Waals surface area contributed by atoms with Crippen molar-refractivity contribution in [3.8, 4) is 28.6 Å². The van der Waals surface area contributed by atoms with Crippen LogP contribution in [0.1, 0.15) is 56.7 Å². The minimum atomic E-state index is -4.77. The fourth-order valence-electron chi connectivity index (χ4n) is 5.14. The van der Waals surface area contributed by atoms with Crippen molar-refractivity contribution in [1.82, 2.24) is 20.4 Å². The highest BCUT2D eigenvalue weighted by Gasteiger charge is 2.40. The summed E-state index contributed by atoms with van der Waals surface area (Å²) in [5, 5.41) is 25.8. The summed E-state index contributed by atoms with van der Waals surface area (Å²) in [7, 11) is 0. The molecule has 3 heterocycles. The molecule has 2 aromatic carbocycles. The van der Waals surface area contributed by atoms with Crippen LogP contribution in [0.15, 0.2) is 45.9 Å². The first-order chi connectivity index (χ1) is 22.7. The number of ether oxygens (including phenoxy) is 4. The van der Waals surface area contributed by atoms with Gasteiger partial charge in [0, 0.05) is 18.5 Å². The maximum Gasteiger partial charge on any atom is 0.434 e. The zero-order valence-corrected chi connectivity index (χ0v) is 26.2. The molecule has 2 aliphatic rings. The molecule has 3 N–H and O–H groups in total. The zero-order chi connectivity index (χ0) is 34.6. The third-order valence-electron chi connectivity index (χ3n) is 7.11. The van der Waals surface area contributed by atoms with Crippen LogP contribution >= 0.6 is 0 Å². The summed E-state index contributed by atoms with van der Waals surface area (Å²) < 4.78 is 69.5. The van der Waals surface area contributed by atoms with Gasteiger partial charge >= 0.3 is 18.4 Å². The number of carbonyl (C=O) groups excluding carboxylic acids is 1. The van der Waals surface area contributed by atoms with E-state index in [1.165, 1.54) is 17.0 Å². The molecule has 0 bridgehead atoms. The number of aromatic nitrogens is 2. The normalized spacial score (nSPS) is 18.1. The van der Waals surface area contributed by atoms with Crippen molar-refractivity contribution in [2.45, 2.75) is 64.0 Å². The highest BCUT2D eigenvalue weighted by Crippen LogP contribution is 2.39. The standard InChI is InChI=1S/C31H34F3N5O9/c1-30(2,3)47-29(43)37-27(36-28(41)42)39-16-19(40)15-21(39)26-35-25(38-48-26)18-7-9-22(20(14-18)31(32,33)34)44-10-4-5-17-6-8-23-24(13-17)46-12-11-45-23/h6-9,13-14,19,21,40H,4-5,10-12,15-16H2,1-3H3,(H,41,42)(H,36,37,43)/t19-,21+/m1/s1. The van der Waals surface area contributed by atoms with Crippen LogP contribution in [0.4, 0.5) is 22.8 Å². The number of aliphatic hydroxyl groups excluding tert-OH is 1. The Morgan fingerprint density at radius 3 is 2.56 bits per heavy atom. The Kier molecular flexibility index (Phi) is 9.98. The van der Waals surface area contributed by atoms with Crippen LogP contribution in [0.3, 0.4) is 0 Å². The molecule has 48 heavy (non-hydrogen) atoms. The van der Waals surface area contributed by atoms with E-state index >= 15 is 0 Å². The van der Waals surface area contributed by atoms with E-state index in [0.29, 0.717) is 37.6 Å². The van der Waals surface area contributed by atoms with Gasteiger partial charge in [0.15, 0.2) is 11.5 Å². The Hall–Kier alpha value is -5.06. The predicted octanol–water partition coefficient (Wildman–Crippen LogP) is 5.20. The molecule has 0 unspecified atom stereocenters. The summed E-state index contributed by atoms with van der Waals surface area (Å²) in [6, 6.07) is 7.89. The molecule has 258 valence electrons. The molecule has 2 aliphatic heterocycles. The van der Waals surface area contributed by atoms with Crippen molar-refractivity contribution in [3.05, 3.63) is 53.4 Å². The number of halogens is 3. The molecular weight excluding hydrogens is 643 g/mol. The SMILES string of the molecule is CC(C)(C)OC(=O)N/C(=N\C(=O)O)N1C[C@H](O)C[C@H]1c1nc(-c2ccc(OCCCc3ccc4c(c3)OCCO4)c(C(F)(F)F)c2)no1. The van der Waals surface area contributed by atoms with E-state index in [0.717, 1.165) is 11.6 Å². The van der Waals surface area contributed by atoms with Crippen LogP contribution in [0.25, 0.3) is 11.4 Å². The number of hydrogen-bond acceptors (Lipinski definition) is 10. The van der Waals surface area contributed by atoms with E-state index in [2.05, 4.69) is 20.4 Å². The number of amides is 2. The Morgan fingerprint density at radius 1 is 1.10 bits per heavy atom. The number of fused-ring (bicyclic) bond motifs is 1. The van der Waals surface area contributed by atoms with Crippen molar-refractivity contribution in [3.63, 3.8) is 0 Å². The van der Waals surface area contributed by atoms with Crippen LogP contribution in [0.2, 0.25) is 0 Å². The number of rotatable bonds is 7. The summed E-state index contributed by atoms with van der Waals surface area (Å²) >= 11 is 0. The second-order valence-electron chi connectivity index (χ2n) is 12.0. The van der Waals surface area contributed by atoms with Crippen LogP contribution in [0.5, 0.6) is 17.2 Å². The molecule has 1 aromatic heterocycles. The molecule has 0 radical (unpaired) electrons. The number of aliphatic imine (C=N–C) groups is 1. The van der Waals surface area contributed by atoms with Gasteiger partial charge in [0.1, 0.15) is 30.6 Å². The first-order valence-electron chi connectivity index (χ1n) is 15.0. The monoisotopic (exact) mass is 677 g/mol. The average Bonchev–Trinajstić information content (AvgIpc) is 3.64. The second-order valence-corrected chi connectivity index (χ2v) is 12.0. The van der Waals surface area contributed by atoms with Crippen LogP contribution in [-0.2, 0) is 17.3 Å². The summed E-state index contributed by atoms with van der Waals surface area (Å²) in [6.45, 7) is 5.57. The molecule has 3 aromatic rings. The summed E-state index contributed by atoms with van der Waals surface area (Å²) in [4.78, 5) is 32.7. The first-order valence-corrected chi connectivity index (χ1v) is 15.0. The number of carbonyl (C=O) groups is 2. The van der Waals surface area contributed by atoms with Gasteiger partial charge in [-0.25, -0.2) is 9.59 Å². The topological polar surface area (TPSA) is 178 Å². The van der Waals surface area contributed by atoms with Gasteiger partial charge in [-0.05, 0) is 69.5 Å². The minimum absolute atomic E-state index is 0.0145. The number of aryl methyl sites for hydroxylation is 1. The first kappa shape index (κ1) is 34.3. The van der Waals surface area contributed by atoms with Crippen molar-refractivity contribution in [2.75, 3.05) is 26.4 Å². The van der Waals surface area contributed by atoms with Crippen molar-refractivity contribution >= 4 is 18.1 Å². The lowest BCUT2D eigenvalue weighted by Gasteiger charge is -2.26. The molecular formula is C31H34F3N5O9. The Bertz CT molecular complexity index is 1670. The van der Waals surface area contributed by atoms with Gasteiger partial charge in [-0.2, -0.15) is 18.2 Å². The predicted molar refractivity (Wildman–Crippen MR) is 161 cm³/mol. The van der Waals surface area contributed by atoms with Crippen molar-refractivity contribution in [2.24, 2.45) is 4.99 Å². The van der Waals surface area contributed by atoms with E-state index in [4.69, 9.17) is 23.5 Å². The summed E-state index contributed by atoms with van der Waals surface area (Å²) in [6.07, 6.45) is -7.49. The summed E-state index contributed by atoms with van der Waals surface area (Å²) in [5.74, 6) is 0.0905. The smallest absolute Gasteiger partial charge is 0.434 e. The quantitative estimate of drug-likeness (QED) is 0.169. The van der Waals surface area contributed by atoms with E-state index in [9.17, 15) is 33.0 Å². The van der Waals surface area contributed by atoms with Gasteiger partial charge in [0.25, 0.3) is 0 Å². The molecule has 14 nitrogen and oxygen atoms in total. The third-order valence-corrected chi connectivity index (χ3v) is 7.11. The molecule has 2 amide bonds. The van der Waals surface area contributed by atoms with Crippen LogP contribution < -0.4 is 19.5 Å². The van der Waals surface area contributed by atoms with Crippen LogP contribution in [0, 0.1) is 0 Å². The van der Waals surface area contributed by atoms with Gasteiger partial charge in [0.2, 0.25) is 17.7 Å². The highest BCUT2D eigenvalue weighted by molar-refractivity contribution is 5.98. The summed E-state index contributed by atoms with van der Waals surface area (Å²) in [5.41, 5.74) is -1.05. The van der Waals surface area contributed by atoms with Crippen molar-refractivity contribution < 1.29 is 56.4 Å². The zero-order valence-electron chi connectivity index (χ0n) is 26.2. The largest absolute Gasteiger partial charge is 0.493 e. The number of hydrogen-bond donors (Lipinski definition) is 3. The molecule has 2 atom stereocenters. The number of aliphatic hydroxyl groups is 1. The molecule has 17 heteroatoms. The Morgan fingerprint density at radius 2 is 1.85 bits per heavy atom. The number of nitrogens with one attached hydrogen (secondary N) is 1. The molecule has 5 rings (SSSR count). The number of nitrogens with zero attached hydrogens (tertiary/aromatic N) is 4. The number of alkyl halides is 3. The molecule has 0 saturated carbocycles. The van der Waals surface area contributed by atoms with Crippen molar-refractivity contribution in [1.29, 1.82) is 0 Å². The Balaban J connectivity index is 1.30. The fraction of sp³-hybridized carbons (Fsp3) is 0.452. The van der Waals surface area contributed by atoms with E-state index in [1.54, 1.807) is 26.8 Å². The minimum Gasteiger partial charge on any atom is -0.493 e. The van der Waals surface area contributed by atoms with Gasteiger partial charge in [-0.3, -0.25) is 5.32 Å². The van der Waals surface area contributed by atoms with Gasteiger partial charge < -0.3 is 38.6 Å². The van der Waals surface area contributed by atoms with Gasteiger partial charge in [-0.15, -0.1) is 4.99 Å². The second kappa shape index (κ2) is 14.0. The lowest BCUT2D eigenvalue weighted by atomic mass is 10.1. The molecule has 1 fully saturated rings. The molecule has 1 saturated heterocycles. The van der Waals surface area contributed by atoms with Gasteiger partial charge in [-0.1, -0.05) is 11.2 Å². The van der Waals surface area contributed by atoms with Crippen LogP contribution in [-0.4, -0.2) is 81.5 Å². The fourth-order valence-corrected chi connectivity index (χ4v) is 5.14. The number of guanidine groups is 1. The Labute approximate surface area is 272 Å². The molecule has 0 spiro atoms. The highest BCUT2D eigenvalue weighted by atomic mass is 19.4. The number of β-amino-alcohol motifs (C(OH)–C–C–N with tert-alkyl or cyclic N) is 1. The molecule has 0 aliphatic carbocycles. The maximum absolute atomic E-state index is 14.1. The number of benzene rings is 2. The maximum atomic E-state index is 14.1. The number of carboxylic acid groups (broad SMARTS) is 1. The van der Waals surface area contributed by atoms with E-state index < -0.39 is 47.6 Å².